The Hall–Kier alpha value is -2.28. The molecule has 0 unspecified atom stereocenters. The molecular formula is C14H11F2NO4. The smallest absolute Gasteiger partial charge is 0.310 e. The second-order valence-electron chi connectivity index (χ2n) is 4.95. The molecule has 2 bridgehead atoms. The van der Waals surface area contributed by atoms with Gasteiger partial charge in [-0.25, -0.2) is 8.78 Å². The number of fused-ring (bicyclic) bond motifs is 2. The third-order valence-electron chi connectivity index (χ3n) is 3.67. The molecule has 5 nitrogen and oxygen atoms in total. The highest BCUT2D eigenvalue weighted by molar-refractivity contribution is 5.96. The SMILES string of the molecule is O=C(O)[C@@H]1[C@@H](C(=O)Nc2cc(F)ccc2F)[C@@H]2C=C[C@@H]1O2. The molecule has 2 aliphatic rings. The summed E-state index contributed by atoms with van der Waals surface area (Å²) in [7, 11) is 0. The van der Waals surface area contributed by atoms with E-state index in [4.69, 9.17) is 4.74 Å². The van der Waals surface area contributed by atoms with Gasteiger partial charge in [-0.05, 0) is 12.1 Å². The predicted molar refractivity (Wildman–Crippen MR) is 67.4 cm³/mol. The molecule has 110 valence electrons. The summed E-state index contributed by atoms with van der Waals surface area (Å²) in [5.41, 5.74) is -0.323. The molecule has 1 amide bonds. The van der Waals surface area contributed by atoms with E-state index in [1.165, 1.54) is 0 Å². The number of carboxylic acids is 1. The Morgan fingerprint density at radius 3 is 2.48 bits per heavy atom. The van der Waals surface area contributed by atoms with E-state index in [0.717, 1.165) is 18.2 Å². The van der Waals surface area contributed by atoms with Gasteiger partial charge in [0.25, 0.3) is 0 Å². The lowest BCUT2D eigenvalue weighted by Crippen LogP contribution is -2.39. The largest absolute Gasteiger partial charge is 0.481 e. The first kappa shape index (κ1) is 13.7. The van der Waals surface area contributed by atoms with E-state index in [2.05, 4.69) is 5.32 Å². The van der Waals surface area contributed by atoms with Gasteiger partial charge in [0.05, 0.1) is 23.8 Å². The van der Waals surface area contributed by atoms with Gasteiger partial charge in [-0.1, -0.05) is 12.2 Å². The maximum absolute atomic E-state index is 13.5. The highest BCUT2D eigenvalue weighted by Gasteiger charge is 2.53. The molecule has 2 N–H and O–H groups in total. The first-order chi connectivity index (χ1) is 9.97. The highest BCUT2D eigenvalue weighted by Crippen LogP contribution is 2.40. The molecule has 3 rings (SSSR count). The quantitative estimate of drug-likeness (QED) is 0.830. The first-order valence-electron chi connectivity index (χ1n) is 6.30. The summed E-state index contributed by atoms with van der Waals surface area (Å²) in [6, 6.07) is 2.65. The van der Waals surface area contributed by atoms with Crippen molar-refractivity contribution in [3.63, 3.8) is 0 Å². The Morgan fingerprint density at radius 1 is 1.14 bits per heavy atom. The van der Waals surface area contributed by atoms with E-state index in [9.17, 15) is 23.5 Å². The topological polar surface area (TPSA) is 75.6 Å². The van der Waals surface area contributed by atoms with Crippen LogP contribution in [0, 0.1) is 23.5 Å². The molecule has 1 saturated heterocycles. The van der Waals surface area contributed by atoms with Crippen LogP contribution in [-0.2, 0) is 14.3 Å². The molecule has 0 spiro atoms. The van der Waals surface area contributed by atoms with Crippen molar-refractivity contribution in [2.75, 3.05) is 5.32 Å². The van der Waals surface area contributed by atoms with Crippen molar-refractivity contribution >= 4 is 17.6 Å². The number of nitrogens with one attached hydrogen (secondary N) is 1. The lowest BCUT2D eigenvalue weighted by molar-refractivity contribution is -0.145. The number of amides is 1. The van der Waals surface area contributed by atoms with E-state index < -0.39 is 47.6 Å². The van der Waals surface area contributed by atoms with Crippen molar-refractivity contribution < 1.29 is 28.2 Å². The second kappa shape index (κ2) is 4.92. The van der Waals surface area contributed by atoms with Crippen LogP contribution in [0.3, 0.4) is 0 Å². The number of carbonyl (C=O) groups is 2. The summed E-state index contributed by atoms with van der Waals surface area (Å²) in [6.07, 6.45) is 1.88. The van der Waals surface area contributed by atoms with Gasteiger partial charge < -0.3 is 15.2 Å². The molecule has 0 saturated carbocycles. The minimum atomic E-state index is -1.16. The highest BCUT2D eigenvalue weighted by atomic mass is 19.1. The molecule has 4 atom stereocenters. The van der Waals surface area contributed by atoms with E-state index in [-0.39, 0.29) is 5.69 Å². The average Bonchev–Trinajstić information content (AvgIpc) is 3.03. The normalized spacial score (nSPS) is 29.6. The number of carbonyl (C=O) groups excluding carboxylic acids is 1. The lowest BCUT2D eigenvalue weighted by Gasteiger charge is -2.21. The second-order valence-corrected chi connectivity index (χ2v) is 4.95. The maximum Gasteiger partial charge on any atom is 0.310 e. The van der Waals surface area contributed by atoms with E-state index >= 15 is 0 Å². The fraction of sp³-hybridized carbons (Fsp3) is 0.286. The zero-order valence-corrected chi connectivity index (χ0v) is 10.6. The molecular weight excluding hydrogens is 284 g/mol. The number of hydrogen-bond donors (Lipinski definition) is 2. The van der Waals surface area contributed by atoms with Crippen LogP contribution >= 0.6 is 0 Å². The predicted octanol–water partition coefficient (Wildman–Crippen LogP) is 1.56. The number of ether oxygens (including phenoxy) is 1. The van der Waals surface area contributed by atoms with Gasteiger partial charge in [-0.3, -0.25) is 9.59 Å². The lowest BCUT2D eigenvalue weighted by atomic mass is 9.82. The monoisotopic (exact) mass is 295 g/mol. The Kier molecular flexibility index (Phi) is 3.21. The van der Waals surface area contributed by atoms with Crippen molar-refractivity contribution in [1.29, 1.82) is 0 Å². The van der Waals surface area contributed by atoms with Crippen molar-refractivity contribution in [3.8, 4) is 0 Å². The fourth-order valence-corrected chi connectivity index (χ4v) is 2.72. The molecule has 1 fully saturated rings. The van der Waals surface area contributed by atoms with Crippen LogP contribution in [0.1, 0.15) is 0 Å². The van der Waals surface area contributed by atoms with Gasteiger partial charge in [0.15, 0.2) is 0 Å². The molecule has 0 radical (unpaired) electrons. The summed E-state index contributed by atoms with van der Waals surface area (Å²) in [5.74, 6) is -5.37. The van der Waals surface area contributed by atoms with Crippen molar-refractivity contribution in [1.82, 2.24) is 0 Å². The van der Waals surface area contributed by atoms with Gasteiger partial charge in [-0.2, -0.15) is 0 Å². The average molecular weight is 295 g/mol. The van der Waals surface area contributed by atoms with Crippen molar-refractivity contribution in [3.05, 3.63) is 42.0 Å². The summed E-state index contributed by atoms with van der Waals surface area (Å²) < 4.78 is 32.0. The Morgan fingerprint density at radius 2 is 1.81 bits per heavy atom. The van der Waals surface area contributed by atoms with Crippen LogP contribution in [-0.4, -0.2) is 29.2 Å². The Bertz CT molecular complexity index is 646. The number of anilines is 1. The molecule has 1 aromatic carbocycles. The summed E-state index contributed by atoms with van der Waals surface area (Å²) in [6.45, 7) is 0. The standard InChI is InChI=1S/C14H11F2NO4/c15-6-1-2-7(16)8(5-6)17-13(18)11-9-3-4-10(21-9)12(11)14(19)20/h1-5,9-12H,(H,17,18)(H,19,20)/t9-,10-,11-,12-/m0/s1. The van der Waals surface area contributed by atoms with Gasteiger partial charge in [0.2, 0.25) is 5.91 Å². The van der Waals surface area contributed by atoms with E-state index in [1.54, 1.807) is 12.2 Å². The third-order valence-corrected chi connectivity index (χ3v) is 3.67. The van der Waals surface area contributed by atoms with Crippen LogP contribution < -0.4 is 5.32 Å². The number of aliphatic carboxylic acids is 1. The number of rotatable bonds is 3. The minimum Gasteiger partial charge on any atom is -0.481 e. The zero-order valence-electron chi connectivity index (χ0n) is 10.6. The Labute approximate surface area is 118 Å². The van der Waals surface area contributed by atoms with E-state index in [0.29, 0.717) is 0 Å². The zero-order chi connectivity index (χ0) is 15.1. The third kappa shape index (κ3) is 2.29. The van der Waals surface area contributed by atoms with Crippen LogP contribution in [0.4, 0.5) is 14.5 Å². The van der Waals surface area contributed by atoms with Gasteiger partial charge in [-0.15, -0.1) is 0 Å². The minimum absolute atomic E-state index is 0.323. The number of halogens is 2. The number of hydrogen-bond acceptors (Lipinski definition) is 3. The van der Waals surface area contributed by atoms with Gasteiger partial charge >= 0.3 is 5.97 Å². The Balaban J connectivity index is 1.83. The molecule has 21 heavy (non-hydrogen) atoms. The summed E-state index contributed by atoms with van der Waals surface area (Å²) in [5, 5.41) is 11.4. The molecule has 2 heterocycles. The van der Waals surface area contributed by atoms with Gasteiger partial charge in [0, 0.05) is 6.07 Å². The maximum atomic E-state index is 13.5. The number of carboxylic acid groups (broad SMARTS) is 1. The molecule has 0 aromatic heterocycles. The van der Waals surface area contributed by atoms with Crippen LogP contribution in [0.2, 0.25) is 0 Å². The van der Waals surface area contributed by atoms with Crippen LogP contribution in [0.25, 0.3) is 0 Å². The number of benzene rings is 1. The van der Waals surface area contributed by atoms with Gasteiger partial charge in [0.1, 0.15) is 17.6 Å². The van der Waals surface area contributed by atoms with E-state index in [1.807, 2.05) is 0 Å². The van der Waals surface area contributed by atoms with Crippen molar-refractivity contribution in [2.45, 2.75) is 12.2 Å². The first-order valence-corrected chi connectivity index (χ1v) is 6.30. The molecule has 0 aliphatic carbocycles. The van der Waals surface area contributed by atoms with Crippen LogP contribution in [0.15, 0.2) is 30.4 Å². The summed E-state index contributed by atoms with van der Waals surface area (Å²) >= 11 is 0. The molecule has 7 heteroatoms. The molecule has 1 aromatic rings. The molecule has 2 aliphatic heterocycles. The van der Waals surface area contributed by atoms with Crippen LogP contribution in [0.5, 0.6) is 0 Å². The fourth-order valence-electron chi connectivity index (χ4n) is 2.72. The van der Waals surface area contributed by atoms with Crippen molar-refractivity contribution in [2.24, 2.45) is 11.8 Å². The summed E-state index contributed by atoms with van der Waals surface area (Å²) in [4.78, 5) is 23.5.